The van der Waals surface area contributed by atoms with E-state index < -0.39 is 6.10 Å². The highest BCUT2D eigenvalue weighted by atomic mass is 16.5. The number of hydrogen-bond acceptors (Lipinski definition) is 4. The second kappa shape index (κ2) is 7.24. The number of carbonyl (C=O) groups is 1. The highest BCUT2D eigenvalue weighted by Gasteiger charge is 2.27. The standard InChI is InChI=1S/C15H23N3O2/c1-11(20-13-6-4-8-17-10-13)15(19)18-14-7-3-2-5-12(14)9-16/h4,6,8,10-12,14H,2-3,5,7,9,16H2,1H3,(H,18,19). The van der Waals surface area contributed by atoms with Crippen molar-refractivity contribution in [3.63, 3.8) is 0 Å². The summed E-state index contributed by atoms with van der Waals surface area (Å²) in [7, 11) is 0. The first-order valence-corrected chi connectivity index (χ1v) is 7.28. The van der Waals surface area contributed by atoms with Gasteiger partial charge in [-0.3, -0.25) is 9.78 Å². The van der Waals surface area contributed by atoms with Crippen LogP contribution >= 0.6 is 0 Å². The Morgan fingerprint density at radius 3 is 3.05 bits per heavy atom. The van der Waals surface area contributed by atoms with Crippen LogP contribution in [0.15, 0.2) is 24.5 Å². The van der Waals surface area contributed by atoms with Crippen molar-refractivity contribution < 1.29 is 9.53 Å². The van der Waals surface area contributed by atoms with Crippen LogP contribution in [0.3, 0.4) is 0 Å². The predicted octanol–water partition coefficient (Wildman–Crippen LogP) is 1.48. The third-order valence-electron chi connectivity index (χ3n) is 3.86. The van der Waals surface area contributed by atoms with Gasteiger partial charge in [0.15, 0.2) is 6.10 Å². The topological polar surface area (TPSA) is 77.2 Å². The molecule has 110 valence electrons. The zero-order valence-electron chi connectivity index (χ0n) is 11.9. The van der Waals surface area contributed by atoms with E-state index in [1.54, 1.807) is 31.5 Å². The summed E-state index contributed by atoms with van der Waals surface area (Å²) in [5.41, 5.74) is 5.78. The normalized spacial score (nSPS) is 23.9. The number of nitrogens with one attached hydrogen (secondary N) is 1. The first-order chi connectivity index (χ1) is 9.70. The number of ether oxygens (including phenoxy) is 1. The number of carbonyl (C=O) groups excluding carboxylic acids is 1. The Balaban J connectivity index is 1.87. The van der Waals surface area contributed by atoms with Gasteiger partial charge in [0.25, 0.3) is 5.91 Å². The van der Waals surface area contributed by atoms with Crippen molar-refractivity contribution in [2.75, 3.05) is 6.54 Å². The number of rotatable bonds is 5. The van der Waals surface area contributed by atoms with E-state index in [0.29, 0.717) is 18.2 Å². The van der Waals surface area contributed by atoms with Crippen molar-refractivity contribution in [3.05, 3.63) is 24.5 Å². The van der Waals surface area contributed by atoms with Gasteiger partial charge in [-0.1, -0.05) is 12.8 Å². The molecule has 1 heterocycles. The lowest BCUT2D eigenvalue weighted by molar-refractivity contribution is -0.128. The molecule has 1 fully saturated rings. The van der Waals surface area contributed by atoms with Gasteiger partial charge in [0.1, 0.15) is 5.75 Å². The quantitative estimate of drug-likeness (QED) is 0.854. The van der Waals surface area contributed by atoms with Crippen LogP contribution in [-0.2, 0) is 4.79 Å². The number of nitrogens with two attached hydrogens (primary N) is 1. The fourth-order valence-corrected chi connectivity index (χ4v) is 2.65. The van der Waals surface area contributed by atoms with Crippen molar-refractivity contribution in [1.82, 2.24) is 10.3 Å². The van der Waals surface area contributed by atoms with Crippen molar-refractivity contribution in [1.29, 1.82) is 0 Å². The molecule has 0 radical (unpaired) electrons. The van der Waals surface area contributed by atoms with Crippen LogP contribution in [0.4, 0.5) is 0 Å². The molecule has 3 unspecified atom stereocenters. The molecule has 1 aliphatic rings. The molecule has 5 heteroatoms. The molecule has 0 spiro atoms. The molecule has 1 aliphatic carbocycles. The molecule has 1 aromatic heterocycles. The lowest BCUT2D eigenvalue weighted by Crippen LogP contribution is -2.48. The highest BCUT2D eigenvalue weighted by Crippen LogP contribution is 2.23. The van der Waals surface area contributed by atoms with Gasteiger partial charge >= 0.3 is 0 Å². The summed E-state index contributed by atoms with van der Waals surface area (Å²) >= 11 is 0. The zero-order chi connectivity index (χ0) is 14.4. The number of pyridine rings is 1. The zero-order valence-corrected chi connectivity index (χ0v) is 11.9. The molecule has 2 rings (SSSR count). The fraction of sp³-hybridized carbons (Fsp3) is 0.600. The van der Waals surface area contributed by atoms with Crippen molar-refractivity contribution in [2.24, 2.45) is 11.7 Å². The van der Waals surface area contributed by atoms with E-state index in [1.165, 1.54) is 6.42 Å². The second-order valence-electron chi connectivity index (χ2n) is 5.34. The van der Waals surface area contributed by atoms with Crippen LogP contribution < -0.4 is 15.8 Å². The van der Waals surface area contributed by atoms with E-state index in [-0.39, 0.29) is 11.9 Å². The van der Waals surface area contributed by atoms with Gasteiger partial charge in [-0.25, -0.2) is 0 Å². The molecule has 1 saturated carbocycles. The average molecular weight is 277 g/mol. The Labute approximate surface area is 119 Å². The Kier molecular flexibility index (Phi) is 5.35. The minimum Gasteiger partial charge on any atom is -0.479 e. The SMILES string of the molecule is CC(Oc1cccnc1)C(=O)NC1CCCCC1CN. The maximum Gasteiger partial charge on any atom is 0.261 e. The molecule has 20 heavy (non-hydrogen) atoms. The van der Waals surface area contributed by atoms with Gasteiger partial charge in [0, 0.05) is 12.2 Å². The van der Waals surface area contributed by atoms with Gasteiger partial charge in [-0.15, -0.1) is 0 Å². The second-order valence-corrected chi connectivity index (χ2v) is 5.34. The van der Waals surface area contributed by atoms with Gasteiger partial charge < -0.3 is 15.8 Å². The highest BCUT2D eigenvalue weighted by molar-refractivity contribution is 5.81. The molecule has 0 bridgehead atoms. The minimum absolute atomic E-state index is 0.0841. The van der Waals surface area contributed by atoms with Crippen LogP contribution in [-0.4, -0.2) is 29.6 Å². The van der Waals surface area contributed by atoms with Crippen LogP contribution in [0.25, 0.3) is 0 Å². The summed E-state index contributed by atoms with van der Waals surface area (Å²) in [4.78, 5) is 16.1. The van der Waals surface area contributed by atoms with E-state index in [2.05, 4.69) is 10.3 Å². The number of aromatic nitrogens is 1. The molecule has 1 aromatic rings. The largest absolute Gasteiger partial charge is 0.479 e. The van der Waals surface area contributed by atoms with E-state index in [9.17, 15) is 4.79 Å². The smallest absolute Gasteiger partial charge is 0.261 e. The summed E-state index contributed by atoms with van der Waals surface area (Å²) in [6, 6.07) is 3.76. The van der Waals surface area contributed by atoms with Crippen LogP contribution in [0.2, 0.25) is 0 Å². The first kappa shape index (κ1) is 14.8. The van der Waals surface area contributed by atoms with E-state index in [1.807, 2.05) is 0 Å². The van der Waals surface area contributed by atoms with E-state index in [0.717, 1.165) is 19.3 Å². The lowest BCUT2D eigenvalue weighted by atomic mass is 9.84. The third kappa shape index (κ3) is 3.93. The summed E-state index contributed by atoms with van der Waals surface area (Å²) in [5, 5.41) is 3.08. The van der Waals surface area contributed by atoms with E-state index in [4.69, 9.17) is 10.5 Å². The van der Waals surface area contributed by atoms with Gasteiger partial charge in [-0.05, 0) is 44.4 Å². The van der Waals surface area contributed by atoms with Gasteiger partial charge in [-0.2, -0.15) is 0 Å². The summed E-state index contributed by atoms with van der Waals surface area (Å²) < 4.78 is 5.58. The van der Waals surface area contributed by atoms with Gasteiger partial charge in [0.05, 0.1) is 6.20 Å². The van der Waals surface area contributed by atoms with Crippen LogP contribution in [0.5, 0.6) is 5.75 Å². The Morgan fingerprint density at radius 2 is 2.35 bits per heavy atom. The van der Waals surface area contributed by atoms with Gasteiger partial charge in [0.2, 0.25) is 0 Å². The fourth-order valence-electron chi connectivity index (χ4n) is 2.65. The Morgan fingerprint density at radius 1 is 1.55 bits per heavy atom. The molecular formula is C15H23N3O2. The van der Waals surface area contributed by atoms with Crippen molar-refractivity contribution in [3.8, 4) is 5.75 Å². The molecule has 3 N–H and O–H groups in total. The number of amides is 1. The number of hydrogen-bond donors (Lipinski definition) is 2. The van der Waals surface area contributed by atoms with Crippen molar-refractivity contribution >= 4 is 5.91 Å². The molecule has 1 amide bonds. The molecule has 0 saturated heterocycles. The molecule has 3 atom stereocenters. The number of nitrogens with zero attached hydrogens (tertiary/aromatic N) is 1. The van der Waals surface area contributed by atoms with Crippen LogP contribution in [0, 0.1) is 5.92 Å². The monoisotopic (exact) mass is 277 g/mol. The van der Waals surface area contributed by atoms with Crippen molar-refractivity contribution in [2.45, 2.75) is 44.8 Å². The maximum atomic E-state index is 12.2. The lowest BCUT2D eigenvalue weighted by Gasteiger charge is -2.32. The Bertz CT molecular complexity index is 424. The summed E-state index contributed by atoms with van der Waals surface area (Å²) in [6.45, 7) is 2.38. The molecule has 0 aromatic carbocycles. The molecule has 5 nitrogen and oxygen atoms in total. The van der Waals surface area contributed by atoms with Crippen LogP contribution in [0.1, 0.15) is 32.6 Å². The first-order valence-electron chi connectivity index (χ1n) is 7.28. The van der Waals surface area contributed by atoms with E-state index >= 15 is 0 Å². The summed E-state index contributed by atoms with van der Waals surface area (Å²) in [5.74, 6) is 0.909. The summed E-state index contributed by atoms with van der Waals surface area (Å²) in [6.07, 6.45) is 7.21. The average Bonchev–Trinajstić information content (AvgIpc) is 2.48. The molecule has 0 aliphatic heterocycles. The predicted molar refractivity (Wildman–Crippen MR) is 77.3 cm³/mol. The minimum atomic E-state index is -0.528. The third-order valence-corrected chi connectivity index (χ3v) is 3.86. The Hall–Kier alpha value is -1.62. The molecular weight excluding hydrogens is 254 g/mol. The maximum absolute atomic E-state index is 12.2.